The van der Waals surface area contributed by atoms with Crippen LogP contribution in [0.4, 0.5) is 18.9 Å². The van der Waals surface area contributed by atoms with E-state index >= 15 is 0 Å². The lowest BCUT2D eigenvalue weighted by Crippen LogP contribution is -2.47. The summed E-state index contributed by atoms with van der Waals surface area (Å²) < 4.78 is 97.9. The van der Waals surface area contributed by atoms with E-state index in [1.807, 2.05) is 68.1 Å². The highest BCUT2D eigenvalue weighted by atomic mass is 35.5. The highest BCUT2D eigenvalue weighted by Gasteiger charge is 2.48. The molecule has 0 bridgehead atoms. The van der Waals surface area contributed by atoms with E-state index in [9.17, 15) is 34.8 Å². The molecule has 346 valence electrons. The predicted octanol–water partition coefficient (Wildman–Crippen LogP) is 9.67. The molecule has 0 spiro atoms. The molecule has 4 aromatic rings. The first-order chi connectivity index (χ1) is 30.1. The molecule has 4 aromatic carbocycles. The first-order valence-corrected chi connectivity index (χ1v) is 25.7. The fourth-order valence-electron chi connectivity index (χ4n) is 7.95. The SMILES string of the molecule is CC(C)N(C)CC[C@H](CSc1ccccc1)Nc1ccc(S(=O)(=O)NC(=O)c2ccc(C3CNCCN3CC3=C(c4ccc(Cl)cc4)CC(C)(C)CC3)cc2)cc1S(=O)(=O)C(F)(F)F. The van der Waals surface area contributed by atoms with E-state index in [-0.39, 0.29) is 23.1 Å². The Hall–Kier alpha value is -3.90. The number of amides is 1. The van der Waals surface area contributed by atoms with E-state index in [1.165, 1.54) is 35.0 Å². The van der Waals surface area contributed by atoms with Gasteiger partial charge in [-0.25, -0.2) is 21.6 Å². The number of carbonyl (C=O) groups is 1. The maximum Gasteiger partial charge on any atom is 0.501 e. The van der Waals surface area contributed by atoms with Crippen molar-refractivity contribution in [3.8, 4) is 0 Å². The van der Waals surface area contributed by atoms with Crippen LogP contribution in [0.25, 0.3) is 5.57 Å². The maximum atomic E-state index is 14.2. The van der Waals surface area contributed by atoms with Gasteiger partial charge in [-0.05, 0) is 123 Å². The topological polar surface area (TPSA) is 128 Å². The minimum Gasteiger partial charge on any atom is -0.380 e. The summed E-state index contributed by atoms with van der Waals surface area (Å²) in [7, 11) is -9.00. The van der Waals surface area contributed by atoms with Crippen molar-refractivity contribution in [2.24, 2.45) is 5.41 Å². The van der Waals surface area contributed by atoms with Crippen LogP contribution in [0.15, 0.2) is 117 Å². The average Bonchev–Trinajstić information content (AvgIpc) is 3.25. The van der Waals surface area contributed by atoms with E-state index in [0.29, 0.717) is 36.4 Å². The summed E-state index contributed by atoms with van der Waals surface area (Å²) in [5.74, 6) is -0.657. The van der Waals surface area contributed by atoms with Crippen LogP contribution < -0.4 is 15.4 Å². The zero-order valence-electron chi connectivity index (χ0n) is 36.7. The summed E-state index contributed by atoms with van der Waals surface area (Å²) in [6.45, 7) is 12.1. The molecule has 1 amide bonds. The monoisotopic (exact) mass is 959 g/mol. The molecule has 6 rings (SSSR count). The summed E-state index contributed by atoms with van der Waals surface area (Å²) >= 11 is 7.68. The van der Waals surface area contributed by atoms with Crippen molar-refractivity contribution in [2.75, 3.05) is 50.8 Å². The molecule has 2 atom stereocenters. The lowest BCUT2D eigenvalue weighted by Gasteiger charge is -2.40. The van der Waals surface area contributed by atoms with Gasteiger partial charge in [0, 0.05) is 72.1 Å². The number of hydrogen-bond donors (Lipinski definition) is 3. The molecule has 0 radical (unpaired) electrons. The molecule has 2 aliphatic rings. The van der Waals surface area contributed by atoms with Crippen LogP contribution in [-0.2, 0) is 19.9 Å². The van der Waals surface area contributed by atoms with Gasteiger partial charge in [0.2, 0.25) is 0 Å². The fourth-order valence-corrected chi connectivity index (χ4v) is 11.1. The van der Waals surface area contributed by atoms with Crippen LogP contribution in [0.1, 0.15) is 80.9 Å². The fraction of sp³-hybridized carbons (Fsp3) is 0.426. The molecular weight excluding hydrogens is 903 g/mol. The smallest absolute Gasteiger partial charge is 0.380 e. The van der Waals surface area contributed by atoms with Crippen molar-refractivity contribution in [1.29, 1.82) is 0 Å². The highest BCUT2D eigenvalue weighted by molar-refractivity contribution is 7.99. The van der Waals surface area contributed by atoms with Gasteiger partial charge in [0.05, 0.1) is 10.6 Å². The standard InChI is InChI=1S/C47H57ClF3N5O5S3/c1-32(2)55(5)25-22-38(31-62-39-9-7-6-8-10-39)53-42-20-19-40(27-44(42)63(58,59)47(49,50)51)64(60,61)54-45(57)35-13-11-34(12-14-35)43-29-52-24-26-56(43)30-36-21-23-46(3,4)28-41(36)33-15-17-37(48)18-16-33/h6-20,27,32,38,43,52-53H,21-26,28-31H2,1-5H3,(H,54,57)/t38-,43?/m1/s1. The summed E-state index contributed by atoms with van der Waals surface area (Å²) in [4.78, 5) is 16.8. The number of alkyl halides is 3. The van der Waals surface area contributed by atoms with Gasteiger partial charge < -0.3 is 15.5 Å². The summed E-state index contributed by atoms with van der Waals surface area (Å²) in [6.07, 6.45) is 3.41. The molecular formula is C47H57ClF3N5O5S3. The molecule has 1 aliphatic heterocycles. The van der Waals surface area contributed by atoms with E-state index in [0.717, 1.165) is 67.1 Å². The molecule has 64 heavy (non-hydrogen) atoms. The number of nitrogens with one attached hydrogen (secondary N) is 3. The number of halogens is 4. The number of anilines is 1. The third kappa shape index (κ3) is 12.5. The van der Waals surface area contributed by atoms with Crippen molar-refractivity contribution in [2.45, 2.75) is 91.7 Å². The summed E-state index contributed by atoms with van der Waals surface area (Å²) in [6, 6.07) is 26.0. The van der Waals surface area contributed by atoms with Gasteiger partial charge in [0.25, 0.3) is 25.8 Å². The van der Waals surface area contributed by atoms with Gasteiger partial charge in [0.15, 0.2) is 0 Å². The highest BCUT2D eigenvalue weighted by Crippen LogP contribution is 2.44. The lowest BCUT2D eigenvalue weighted by molar-refractivity contribution is -0.0435. The van der Waals surface area contributed by atoms with E-state index in [4.69, 9.17) is 11.6 Å². The summed E-state index contributed by atoms with van der Waals surface area (Å²) in [5.41, 5.74) is -1.20. The first-order valence-electron chi connectivity index (χ1n) is 21.3. The number of piperazine rings is 1. The lowest BCUT2D eigenvalue weighted by atomic mass is 9.72. The Morgan fingerprint density at radius 1 is 0.984 bits per heavy atom. The van der Waals surface area contributed by atoms with Crippen LogP contribution in [0.5, 0.6) is 0 Å². The number of rotatable bonds is 17. The number of sulfone groups is 1. The quantitative estimate of drug-likeness (QED) is 0.0881. The number of sulfonamides is 1. The Balaban J connectivity index is 1.21. The molecule has 3 N–H and O–H groups in total. The second-order valence-corrected chi connectivity index (χ2v) is 22.7. The Bertz CT molecular complexity index is 2510. The van der Waals surface area contributed by atoms with Crippen LogP contribution >= 0.6 is 23.4 Å². The van der Waals surface area contributed by atoms with Crippen LogP contribution in [0.2, 0.25) is 5.02 Å². The van der Waals surface area contributed by atoms with Gasteiger partial charge >= 0.3 is 5.51 Å². The molecule has 0 saturated carbocycles. The van der Waals surface area contributed by atoms with E-state index in [2.05, 4.69) is 46.4 Å². The Kier molecular flexibility index (Phi) is 16.0. The second kappa shape index (κ2) is 20.7. The minimum atomic E-state index is -6.06. The normalized spacial score (nSPS) is 18.0. The number of benzene rings is 4. The largest absolute Gasteiger partial charge is 0.501 e. The number of carbonyl (C=O) groups excluding carboxylic acids is 1. The summed E-state index contributed by atoms with van der Waals surface area (Å²) in [5, 5.41) is 7.13. The van der Waals surface area contributed by atoms with Crippen molar-refractivity contribution in [1.82, 2.24) is 19.8 Å². The molecule has 1 fully saturated rings. The predicted molar refractivity (Wildman–Crippen MR) is 251 cm³/mol. The van der Waals surface area contributed by atoms with Gasteiger partial charge in [-0.2, -0.15) is 13.2 Å². The van der Waals surface area contributed by atoms with Crippen LogP contribution in [-0.4, -0.2) is 95.7 Å². The number of nitrogens with zero attached hydrogens (tertiary/aromatic N) is 2. The Labute approximate surface area is 385 Å². The zero-order valence-corrected chi connectivity index (χ0v) is 39.9. The molecule has 17 heteroatoms. The van der Waals surface area contributed by atoms with Crippen molar-refractivity contribution >= 4 is 60.4 Å². The maximum absolute atomic E-state index is 14.2. The molecule has 1 aliphatic carbocycles. The Morgan fingerprint density at radius 2 is 1.67 bits per heavy atom. The van der Waals surface area contributed by atoms with E-state index < -0.39 is 52.8 Å². The first kappa shape index (κ1) is 49.5. The van der Waals surface area contributed by atoms with Crippen LogP contribution in [0.3, 0.4) is 0 Å². The van der Waals surface area contributed by atoms with Crippen LogP contribution in [0, 0.1) is 5.41 Å². The molecule has 1 saturated heterocycles. The number of allylic oxidation sites excluding steroid dienone is 1. The number of hydrogen-bond acceptors (Lipinski definition) is 10. The zero-order chi connectivity index (χ0) is 46.5. The van der Waals surface area contributed by atoms with Gasteiger partial charge in [-0.3, -0.25) is 9.69 Å². The third-order valence-electron chi connectivity index (χ3n) is 12.0. The van der Waals surface area contributed by atoms with Gasteiger partial charge in [0.1, 0.15) is 4.90 Å². The number of thioether (sulfide) groups is 1. The molecule has 0 aromatic heterocycles. The van der Waals surface area contributed by atoms with Crippen molar-refractivity contribution < 1.29 is 34.8 Å². The van der Waals surface area contributed by atoms with Crippen molar-refractivity contribution in [3.63, 3.8) is 0 Å². The van der Waals surface area contributed by atoms with Gasteiger partial charge in [-0.1, -0.05) is 73.5 Å². The second-order valence-electron chi connectivity index (χ2n) is 17.6. The third-order valence-corrected chi connectivity index (χ3v) is 16.3. The minimum absolute atomic E-state index is 0.00330. The molecule has 1 heterocycles. The molecule has 1 unspecified atom stereocenters. The Morgan fingerprint density at radius 3 is 2.33 bits per heavy atom. The van der Waals surface area contributed by atoms with Crippen molar-refractivity contribution in [3.05, 3.63) is 124 Å². The van der Waals surface area contributed by atoms with Gasteiger partial charge in [-0.15, -0.1) is 11.8 Å². The van der Waals surface area contributed by atoms with E-state index in [1.54, 1.807) is 12.1 Å². The average molecular weight is 961 g/mol. The molecule has 10 nitrogen and oxygen atoms in total.